The molecule has 92 valence electrons. The fourth-order valence-corrected chi connectivity index (χ4v) is 2.93. The van der Waals surface area contributed by atoms with Crippen LogP contribution in [-0.2, 0) is 4.79 Å². The monoisotopic (exact) mass is 256 g/mol. The highest BCUT2D eigenvalue weighted by molar-refractivity contribution is 8.00. The summed E-state index contributed by atoms with van der Waals surface area (Å²) in [6.45, 7) is 2.01. The van der Waals surface area contributed by atoms with E-state index in [-0.39, 0.29) is 17.1 Å². The van der Waals surface area contributed by atoms with Gasteiger partial charge in [-0.25, -0.2) is 4.39 Å². The van der Waals surface area contributed by atoms with Gasteiger partial charge in [0.15, 0.2) is 0 Å². The second kappa shape index (κ2) is 5.01. The highest BCUT2D eigenvalue weighted by atomic mass is 32.2. The van der Waals surface area contributed by atoms with E-state index in [1.807, 2.05) is 6.92 Å². The van der Waals surface area contributed by atoms with Crippen molar-refractivity contribution in [3.05, 3.63) is 29.8 Å². The highest BCUT2D eigenvalue weighted by Gasteiger charge is 2.32. The number of rotatable bonds is 2. The fraction of sp³-hybridized carbons (Fsp3) is 0.455. The molecule has 1 aromatic rings. The minimum Gasteiger partial charge on any atom is -0.480 e. The van der Waals surface area contributed by atoms with Crippen molar-refractivity contribution in [3.8, 4) is 0 Å². The Kier molecular flexibility index (Phi) is 3.63. The number of hydrogen-bond donors (Lipinski definition) is 2. The van der Waals surface area contributed by atoms with E-state index in [0.717, 1.165) is 6.20 Å². The van der Waals surface area contributed by atoms with Crippen molar-refractivity contribution in [2.24, 2.45) is 0 Å². The molecule has 4 nitrogen and oxygen atoms in total. The summed E-state index contributed by atoms with van der Waals surface area (Å²) >= 11 is 1.58. The second-order valence-electron chi connectivity index (χ2n) is 3.97. The molecule has 0 bridgehead atoms. The summed E-state index contributed by atoms with van der Waals surface area (Å²) < 4.78 is 12.8. The van der Waals surface area contributed by atoms with Crippen LogP contribution in [0.5, 0.6) is 0 Å². The summed E-state index contributed by atoms with van der Waals surface area (Å²) in [5.74, 6) is -0.718. The lowest BCUT2D eigenvalue weighted by atomic mass is 10.1. The van der Waals surface area contributed by atoms with Crippen molar-refractivity contribution in [3.63, 3.8) is 0 Å². The molecule has 2 heterocycles. The first-order valence-electron chi connectivity index (χ1n) is 5.30. The number of halogens is 1. The average molecular weight is 256 g/mol. The van der Waals surface area contributed by atoms with E-state index < -0.39 is 12.0 Å². The van der Waals surface area contributed by atoms with E-state index >= 15 is 0 Å². The molecule has 0 saturated carbocycles. The summed E-state index contributed by atoms with van der Waals surface area (Å²) in [4.78, 5) is 14.9. The normalized spacial score (nSPS) is 28.9. The Hall–Kier alpha value is -1.14. The Morgan fingerprint density at radius 2 is 2.41 bits per heavy atom. The molecular weight excluding hydrogens is 243 g/mol. The lowest BCUT2D eigenvalue weighted by Gasteiger charge is -2.33. The van der Waals surface area contributed by atoms with Crippen LogP contribution >= 0.6 is 11.8 Å². The van der Waals surface area contributed by atoms with Crippen LogP contribution in [0.2, 0.25) is 0 Å². The molecule has 1 aliphatic rings. The second-order valence-corrected chi connectivity index (χ2v) is 5.39. The lowest BCUT2D eigenvalue weighted by Crippen LogP contribution is -2.48. The number of carboxylic acid groups (broad SMARTS) is 1. The van der Waals surface area contributed by atoms with Crippen LogP contribution in [0.1, 0.15) is 18.7 Å². The molecule has 0 aromatic carbocycles. The van der Waals surface area contributed by atoms with Crippen molar-refractivity contribution < 1.29 is 14.3 Å². The Bertz CT molecular complexity index is 412. The zero-order chi connectivity index (χ0) is 12.4. The lowest BCUT2D eigenvalue weighted by molar-refractivity contribution is -0.139. The standard InChI is InChI=1S/C11H13FN2O2S/c1-6-10(8-3-2-7(12)4-13-8)14-9(5-17-6)11(15)16/h2-4,6,9-10,14H,5H2,1H3,(H,15,16). The van der Waals surface area contributed by atoms with Gasteiger partial charge in [0.1, 0.15) is 11.9 Å². The number of nitrogens with zero attached hydrogens (tertiary/aromatic N) is 1. The van der Waals surface area contributed by atoms with E-state index in [0.29, 0.717) is 11.4 Å². The van der Waals surface area contributed by atoms with Crippen molar-refractivity contribution >= 4 is 17.7 Å². The van der Waals surface area contributed by atoms with Gasteiger partial charge >= 0.3 is 5.97 Å². The molecular formula is C11H13FN2O2S. The average Bonchev–Trinajstić information content (AvgIpc) is 2.31. The van der Waals surface area contributed by atoms with Gasteiger partial charge in [0.05, 0.1) is 17.9 Å². The summed E-state index contributed by atoms with van der Waals surface area (Å²) in [5, 5.41) is 12.2. The Morgan fingerprint density at radius 3 is 3.00 bits per heavy atom. The summed E-state index contributed by atoms with van der Waals surface area (Å²) in [6, 6.07) is 2.20. The number of thioether (sulfide) groups is 1. The number of carbonyl (C=O) groups is 1. The van der Waals surface area contributed by atoms with Crippen LogP contribution in [0.4, 0.5) is 4.39 Å². The third-order valence-corrected chi connectivity index (χ3v) is 4.07. The summed E-state index contributed by atoms with van der Waals surface area (Å²) in [6.07, 6.45) is 1.15. The molecule has 1 fully saturated rings. The molecule has 0 spiro atoms. The van der Waals surface area contributed by atoms with Crippen LogP contribution in [0.25, 0.3) is 0 Å². The smallest absolute Gasteiger partial charge is 0.321 e. The predicted octanol–water partition coefficient (Wildman–Crippen LogP) is 1.44. The zero-order valence-corrected chi connectivity index (χ0v) is 10.1. The number of carboxylic acids is 1. The first-order valence-corrected chi connectivity index (χ1v) is 6.34. The van der Waals surface area contributed by atoms with Gasteiger partial charge in [0.25, 0.3) is 0 Å². The predicted molar refractivity (Wildman–Crippen MR) is 63.4 cm³/mol. The molecule has 3 unspecified atom stereocenters. The maximum Gasteiger partial charge on any atom is 0.321 e. The minimum atomic E-state index is -0.864. The Labute approximate surface area is 103 Å². The molecule has 1 aliphatic heterocycles. The first kappa shape index (κ1) is 12.3. The van der Waals surface area contributed by atoms with E-state index in [2.05, 4.69) is 10.3 Å². The molecule has 6 heteroatoms. The zero-order valence-electron chi connectivity index (χ0n) is 9.26. The van der Waals surface area contributed by atoms with Crippen molar-refractivity contribution in [2.75, 3.05) is 5.75 Å². The Morgan fingerprint density at radius 1 is 1.65 bits per heavy atom. The highest BCUT2D eigenvalue weighted by Crippen LogP contribution is 2.30. The largest absolute Gasteiger partial charge is 0.480 e. The van der Waals surface area contributed by atoms with Gasteiger partial charge < -0.3 is 5.11 Å². The first-order chi connectivity index (χ1) is 8.08. The maximum absolute atomic E-state index is 12.8. The molecule has 0 amide bonds. The van der Waals surface area contributed by atoms with Crippen LogP contribution < -0.4 is 5.32 Å². The van der Waals surface area contributed by atoms with Crippen LogP contribution in [0, 0.1) is 5.82 Å². The number of aliphatic carboxylic acids is 1. The van der Waals surface area contributed by atoms with E-state index in [1.165, 1.54) is 6.07 Å². The molecule has 3 atom stereocenters. The third-order valence-electron chi connectivity index (χ3n) is 2.74. The van der Waals surface area contributed by atoms with Gasteiger partial charge in [-0.2, -0.15) is 11.8 Å². The van der Waals surface area contributed by atoms with Crippen molar-refractivity contribution in [2.45, 2.75) is 24.3 Å². The van der Waals surface area contributed by atoms with Gasteiger partial charge in [-0.05, 0) is 12.1 Å². The number of pyridine rings is 1. The van der Waals surface area contributed by atoms with Crippen LogP contribution in [-0.4, -0.2) is 33.1 Å². The van der Waals surface area contributed by atoms with Crippen LogP contribution in [0.15, 0.2) is 18.3 Å². The van der Waals surface area contributed by atoms with Gasteiger partial charge in [-0.3, -0.25) is 15.1 Å². The molecule has 0 aliphatic carbocycles. The van der Waals surface area contributed by atoms with Crippen molar-refractivity contribution in [1.82, 2.24) is 10.3 Å². The Balaban J connectivity index is 2.17. The molecule has 17 heavy (non-hydrogen) atoms. The quantitative estimate of drug-likeness (QED) is 0.838. The SMILES string of the molecule is CC1SCC(C(=O)O)NC1c1ccc(F)cn1. The van der Waals surface area contributed by atoms with E-state index in [4.69, 9.17) is 5.11 Å². The van der Waals surface area contributed by atoms with Gasteiger partial charge in [0.2, 0.25) is 0 Å². The number of hydrogen-bond acceptors (Lipinski definition) is 4. The topological polar surface area (TPSA) is 62.2 Å². The van der Waals surface area contributed by atoms with Gasteiger partial charge in [-0.1, -0.05) is 6.92 Å². The van der Waals surface area contributed by atoms with Gasteiger partial charge in [0, 0.05) is 11.0 Å². The minimum absolute atomic E-state index is 0.157. The fourth-order valence-electron chi connectivity index (χ4n) is 1.78. The van der Waals surface area contributed by atoms with E-state index in [1.54, 1.807) is 17.8 Å². The molecule has 2 N–H and O–H groups in total. The van der Waals surface area contributed by atoms with Gasteiger partial charge in [-0.15, -0.1) is 0 Å². The number of nitrogens with one attached hydrogen (secondary N) is 1. The van der Waals surface area contributed by atoms with E-state index in [9.17, 15) is 9.18 Å². The number of aromatic nitrogens is 1. The summed E-state index contributed by atoms with van der Waals surface area (Å²) in [5.41, 5.74) is 0.678. The summed E-state index contributed by atoms with van der Waals surface area (Å²) in [7, 11) is 0. The third kappa shape index (κ3) is 2.76. The maximum atomic E-state index is 12.8. The van der Waals surface area contributed by atoms with Crippen LogP contribution in [0.3, 0.4) is 0 Å². The van der Waals surface area contributed by atoms with Crippen molar-refractivity contribution in [1.29, 1.82) is 0 Å². The molecule has 0 radical (unpaired) electrons. The molecule has 1 saturated heterocycles. The molecule has 1 aromatic heterocycles. The molecule has 2 rings (SSSR count).